The topological polar surface area (TPSA) is 27.7 Å². The van der Waals surface area contributed by atoms with Crippen molar-refractivity contribution >= 4 is 11.6 Å². The molecule has 0 spiro atoms. The highest BCUT2D eigenvalue weighted by Crippen LogP contribution is 2.29. The smallest absolute Gasteiger partial charge is 0.163 e. The maximum atomic E-state index is 5.87. The minimum atomic E-state index is -0.569. The van der Waals surface area contributed by atoms with E-state index in [1.54, 1.807) is 0 Å². The summed E-state index contributed by atoms with van der Waals surface area (Å²) in [5.41, 5.74) is 1.15. The van der Waals surface area contributed by atoms with E-state index in [1.807, 2.05) is 44.2 Å². The molecule has 2 atom stereocenters. The van der Waals surface area contributed by atoms with Crippen LogP contribution >= 0.6 is 11.6 Å². The molecule has 1 aliphatic heterocycles. The Balaban J connectivity index is 1.80. The second-order valence-corrected chi connectivity index (χ2v) is 5.18. The Morgan fingerprint density at radius 1 is 1.17 bits per heavy atom. The highest BCUT2D eigenvalue weighted by atomic mass is 35.5. The van der Waals surface area contributed by atoms with Gasteiger partial charge in [0.1, 0.15) is 12.2 Å². The lowest BCUT2D eigenvalue weighted by Gasteiger charge is -2.16. The van der Waals surface area contributed by atoms with Gasteiger partial charge in [-0.2, -0.15) is 0 Å². The first-order valence-corrected chi connectivity index (χ1v) is 6.67. The predicted molar refractivity (Wildman–Crippen MR) is 70.6 cm³/mol. The van der Waals surface area contributed by atoms with Gasteiger partial charge in [0, 0.05) is 0 Å². The normalized spacial score (nSPS) is 26.4. The summed E-state index contributed by atoms with van der Waals surface area (Å²) in [6.07, 6.45) is -0.196. The number of ether oxygens (including phenoxy) is 3. The quantitative estimate of drug-likeness (QED) is 0.770. The lowest BCUT2D eigenvalue weighted by Crippen LogP contribution is -2.29. The summed E-state index contributed by atoms with van der Waals surface area (Å²) in [6, 6.07) is 10.1. The highest BCUT2D eigenvalue weighted by molar-refractivity contribution is 6.18. The second kappa shape index (κ2) is 6.02. The first-order chi connectivity index (χ1) is 8.61. The number of halogens is 1. The van der Waals surface area contributed by atoms with Crippen LogP contribution in [-0.4, -0.2) is 30.5 Å². The highest BCUT2D eigenvalue weighted by Gasteiger charge is 2.40. The monoisotopic (exact) mass is 270 g/mol. The van der Waals surface area contributed by atoms with Gasteiger partial charge in [-0.1, -0.05) is 30.3 Å². The van der Waals surface area contributed by atoms with E-state index in [1.165, 1.54) is 0 Å². The van der Waals surface area contributed by atoms with Crippen LogP contribution in [0.2, 0.25) is 0 Å². The van der Waals surface area contributed by atoms with E-state index in [9.17, 15) is 0 Å². The molecule has 0 amide bonds. The molecule has 1 heterocycles. The average Bonchev–Trinajstić information content (AvgIpc) is 2.65. The molecule has 2 rings (SSSR count). The van der Waals surface area contributed by atoms with Crippen molar-refractivity contribution in [3.05, 3.63) is 35.9 Å². The van der Waals surface area contributed by atoms with Gasteiger partial charge in [0.15, 0.2) is 5.79 Å². The molecular formula is C14H19ClO3. The SMILES string of the molecule is CC1(C)O[C@H](CCl)[C@@H](COCc2ccccc2)O1. The molecule has 3 nitrogen and oxygen atoms in total. The van der Waals surface area contributed by atoms with Crippen molar-refractivity contribution in [3.8, 4) is 0 Å². The lowest BCUT2D eigenvalue weighted by atomic mass is 10.2. The molecule has 0 bridgehead atoms. The number of hydrogen-bond donors (Lipinski definition) is 0. The molecule has 4 heteroatoms. The van der Waals surface area contributed by atoms with Crippen molar-refractivity contribution in [2.45, 2.75) is 38.4 Å². The predicted octanol–water partition coefficient (Wildman–Crippen LogP) is 2.96. The first kappa shape index (κ1) is 13.8. The fraction of sp³-hybridized carbons (Fsp3) is 0.571. The Morgan fingerprint density at radius 3 is 2.50 bits per heavy atom. The molecule has 1 aromatic rings. The van der Waals surface area contributed by atoms with Crippen LogP contribution in [0.5, 0.6) is 0 Å². The Labute approximate surface area is 113 Å². The van der Waals surface area contributed by atoms with Gasteiger partial charge in [0.2, 0.25) is 0 Å². The van der Waals surface area contributed by atoms with Gasteiger partial charge in [-0.15, -0.1) is 11.6 Å². The van der Waals surface area contributed by atoms with Crippen molar-refractivity contribution in [3.63, 3.8) is 0 Å². The van der Waals surface area contributed by atoms with Crippen LogP contribution in [0.25, 0.3) is 0 Å². The van der Waals surface area contributed by atoms with Crippen LogP contribution in [0, 0.1) is 0 Å². The molecule has 1 aliphatic rings. The third-order valence-corrected chi connectivity index (χ3v) is 3.13. The zero-order valence-corrected chi connectivity index (χ0v) is 11.5. The van der Waals surface area contributed by atoms with Crippen LogP contribution in [0.1, 0.15) is 19.4 Å². The van der Waals surface area contributed by atoms with Crippen molar-refractivity contribution in [2.24, 2.45) is 0 Å². The fourth-order valence-electron chi connectivity index (χ4n) is 2.05. The van der Waals surface area contributed by atoms with Gasteiger partial charge in [-0.3, -0.25) is 0 Å². The third kappa shape index (κ3) is 3.69. The molecule has 0 aromatic heterocycles. The van der Waals surface area contributed by atoms with E-state index in [0.29, 0.717) is 19.1 Å². The van der Waals surface area contributed by atoms with E-state index in [0.717, 1.165) is 5.56 Å². The van der Waals surface area contributed by atoms with Crippen molar-refractivity contribution in [2.75, 3.05) is 12.5 Å². The summed E-state index contributed by atoms with van der Waals surface area (Å²) in [5, 5.41) is 0. The van der Waals surface area contributed by atoms with E-state index < -0.39 is 5.79 Å². The van der Waals surface area contributed by atoms with Gasteiger partial charge in [0.25, 0.3) is 0 Å². The number of rotatable bonds is 5. The zero-order chi connectivity index (χ0) is 13.0. The van der Waals surface area contributed by atoms with Gasteiger partial charge in [0.05, 0.1) is 19.1 Å². The van der Waals surface area contributed by atoms with E-state index >= 15 is 0 Å². The fourth-order valence-corrected chi connectivity index (χ4v) is 2.31. The minimum absolute atomic E-state index is 0.0961. The Kier molecular flexibility index (Phi) is 4.62. The molecule has 1 aromatic carbocycles. The summed E-state index contributed by atoms with van der Waals surface area (Å²) in [7, 11) is 0. The standard InChI is InChI=1S/C14H19ClO3/c1-14(2)17-12(8-15)13(18-14)10-16-9-11-6-4-3-5-7-11/h3-7,12-13H,8-10H2,1-2H3/t12-,13-/m1/s1. The average molecular weight is 271 g/mol. The molecule has 100 valence electrons. The van der Waals surface area contributed by atoms with Crippen LogP contribution in [0.3, 0.4) is 0 Å². The third-order valence-electron chi connectivity index (χ3n) is 2.83. The summed E-state index contributed by atoms with van der Waals surface area (Å²) in [6.45, 7) is 4.86. The summed E-state index contributed by atoms with van der Waals surface area (Å²) < 4.78 is 17.1. The number of hydrogen-bond acceptors (Lipinski definition) is 3. The van der Waals surface area contributed by atoms with E-state index in [-0.39, 0.29) is 12.2 Å². The molecule has 1 fully saturated rings. The molecule has 1 saturated heterocycles. The van der Waals surface area contributed by atoms with Crippen LogP contribution in [0.4, 0.5) is 0 Å². The summed E-state index contributed by atoms with van der Waals surface area (Å²) in [5.74, 6) is -0.150. The van der Waals surface area contributed by atoms with Gasteiger partial charge in [-0.25, -0.2) is 0 Å². The number of benzene rings is 1. The lowest BCUT2D eigenvalue weighted by molar-refractivity contribution is -0.150. The summed E-state index contributed by atoms with van der Waals surface area (Å²) >= 11 is 5.87. The maximum absolute atomic E-state index is 5.87. The molecule has 0 aliphatic carbocycles. The maximum Gasteiger partial charge on any atom is 0.163 e. The molecule has 0 saturated carbocycles. The summed E-state index contributed by atoms with van der Waals surface area (Å²) in [4.78, 5) is 0. The van der Waals surface area contributed by atoms with Crippen molar-refractivity contribution < 1.29 is 14.2 Å². The molecule has 0 N–H and O–H groups in total. The second-order valence-electron chi connectivity index (χ2n) is 4.87. The molecule has 0 unspecified atom stereocenters. The Morgan fingerprint density at radius 2 is 1.83 bits per heavy atom. The van der Waals surface area contributed by atoms with Crippen molar-refractivity contribution in [1.29, 1.82) is 0 Å². The number of alkyl halides is 1. The first-order valence-electron chi connectivity index (χ1n) is 6.14. The Bertz CT molecular complexity index is 367. The van der Waals surface area contributed by atoms with Gasteiger partial charge in [-0.05, 0) is 19.4 Å². The van der Waals surface area contributed by atoms with Crippen LogP contribution < -0.4 is 0 Å². The molecule has 18 heavy (non-hydrogen) atoms. The molecule has 0 radical (unpaired) electrons. The molecular weight excluding hydrogens is 252 g/mol. The van der Waals surface area contributed by atoms with Crippen LogP contribution in [0.15, 0.2) is 30.3 Å². The van der Waals surface area contributed by atoms with Crippen molar-refractivity contribution in [1.82, 2.24) is 0 Å². The van der Waals surface area contributed by atoms with Gasteiger partial charge >= 0.3 is 0 Å². The van der Waals surface area contributed by atoms with E-state index in [2.05, 4.69) is 0 Å². The van der Waals surface area contributed by atoms with E-state index in [4.69, 9.17) is 25.8 Å². The van der Waals surface area contributed by atoms with Crippen LogP contribution in [-0.2, 0) is 20.8 Å². The Hall–Kier alpha value is -0.610. The van der Waals surface area contributed by atoms with Gasteiger partial charge < -0.3 is 14.2 Å². The minimum Gasteiger partial charge on any atom is -0.374 e. The zero-order valence-electron chi connectivity index (χ0n) is 10.8. The largest absolute Gasteiger partial charge is 0.374 e.